The molecule has 4 aromatic heterocycles. The summed E-state index contributed by atoms with van der Waals surface area (Å²) in [6.07, 6.45) is 0. The number of halogens is 1. The quantitative estimate of drug-likeness (QED) is 0.149. The van der Waals surface area contributed by atoms with Crippen molar-refractivity contribution in [2.24, 2.45) is 0 Å². The van der Waals surface area contributed by atoms with Crippen molar-refractivity contribution in [3.05, 3.63) is 284 Å². The van der Waals surface area contributed by atoms with E-state index >= 15 is 0 Å². The molecule has 16 rings (SSSR count). The lowest BCUT2D eigenvalue weighted by molar-refractivity contribution is 0.827. The van der Waals surface area contributed by atoms with Gasteiger partial charge >= 0.3 is 0 Å². The lowest BCUT2D eigenvalue weighted by Gasteiger charge is -2.10. The number of nitrogens with one attached hydrogen (secondary N) is 1. The Balaban J connectivity index is 0.000000124. The fraction of sp³-hybridized carbons (Fsp3) is 0.0526. The average Bonchev–Trinajstić information content (AvgIpc) is 4.47. The van der Waals surface area contributed by atoms with Crippen molar-refractivity contribution in [2.45, 2.75) is 26.9 Å². The molecular formula is C76H59BrN6. The van der Waals surface area contributed by atoms with Crippen molar-refractivity contribution in [2.75, 3.05) is 11.1 Å². The van der Waals surface area contributed by atoms with Gasteiger partial charge in [0.2, 0.25) is 0 Å². The molecule has 3 N–H and O–H groups in total. The van der Waals surface area contributed by atoms with Gasteiger partial charge in [-0.05, 0) is 170 Å². The van der Waals surface area contributed by atoms with Crippen molar-refractivity contribution < 1.29 is 0 Å². The first-order chi connectivity index (χ1) is 40.9. The number of rotatable bonds is 8. The highest BCUT2D eigenvalue weighted by Crippen LogP contribution is 2.38. The van der Waals surface area contributed by atoms with Crippen LogP contribution in [0.1, 0.15) is 13.8 Å². The lowest BCUT2D eigenvalue weighted by atomic mass is 10.0. The van der Waals surface area contributed by atoms with E-state index in [4.69, 9.17) is 5.73 Å². The summed E-state index contributed by atoms with van der Waals surface area (Å²) in [5.74, 6) is 0. The number of fused-ring (bicyclic) bond motifs is 12. The van der Waals surface area contributed by atoms with E-state index in [1.54, 1.807) is 0 Å². The van der Waals surface area contributed by atoms with E-state index in [2.05, 4.69) is 326 Å². The van der Waals surface area contributed by atoms with Gasteiger partial charge in [0, 0.05) is 111 Å². The molecule has 400 valence electrons. The van der Waals surface area contributed by atoms with Crippen LogP contribution in [-0.4, -0.2) is 18.3 Å². The van der Waals surface area contributed by atoms with Gasteiger partial charge in [0.05, 0.1) is 22.1 Å². The maximum atomic E-state index is 5.86. The van der Waals surface area contributed by atoms with Crippen LogP contribution in [0.25, 0.3) is 121 Å². The first-order valence-corrected chi connectivity index (χ1v) is 29.3. The van der Waals surface area contributed by atoms with E-state index in [0.717, 1.165) is 34.6 Å². The molecule has 0 spiro atoms. The Labute approximate surface area is 490 Å². The third-order valence-corrected chi connectivity index (χ3v) is 16.8. The largest absolute Gasteiger partial charge is 0.399 e. The molecule has 0 saturated carbocycles. The van der Waals surface area contributed by atoms with E-state index in [-0.39, 0.29) is 0 Å². The SMILES string of the molecule is Brc1ccc(-c2ccc3c(c2)c2ccccc2n3-c2ccccc2)cc1.CCn1c2ccccc2c2cc(N)ccc21.CCn1c2ccccc2c2cc(Nc3ccc(-c4ccc5c(c4)c4ccccc4n5-c4ccccc4)cc3)ccc21. The first-order valence-electron chi connectivity index (χ1n) is 28.5. The molecule has 0 radical (unpaired) electrons. The zero-order valence-electron chi connectivity index (χ0n) is 46.2. The number of aryl methyl sites for hydroxylation is 2. The number of nitrogen functional groups attached to an aromatic ring is 1. The van der Waals surface area contributed by atoms with E-state index in [0.29, 0.717) is 0 Å². The summed E-state index contributed by atoms with van der Waals surface area (Å²) in [5.41, 5.74) is 26.1. The molecule has 0 aliphatic rings. The van der Waals surface area contributed by atoms with Crippen LogP contribution in [0.4, 0.5) is 17.1 Å². The van der Waals surface area contributed by atoms with Crippen molar-refractivity contribution in [3.63, 3.8) is 0 Å². The minimum absolute atomic E-state index is 0.825. The number of nitrogens with zero attached hydrogens (tertiary/aromatic N) is 4. The second-order valence-corrected chi connectivity index (χ2v) is 22.0. The Morgan fingerprint density at radius 3 is 1.12 bits per heavy atom. The smallest absolute Gasteiger partial charge is 0.0541 e. The highest BCUT2D eigenvalue weighted by atomic mass is 79.9. The Kier molecular flexibility index (Phi) is 13.4. The van der Waals surface area contributed by atoms with E-state index < -0.39 is 0 Å². The minimum Gasteiger partial charge on any atom is -0.399 e. The van der Waals surface area contributed by atoms with E-state index in [1.807, 2.05) is 6.07 Å². The normalized spacial score (nSPS) is 11.5. The molecular weight excluding hydrogens is 1080 g/mol. The maximum absolute atomic E-state index is 5.86. The lowest BCUT2D eigenvalue weighted by Crippen LogP contribution is -1.93. The van der Waals surface area contributed by atoms with Crippen LogP contribution in [0.3, 0.4) is 0 Å². The molecule has 7 heteroatoms. The Morgan fingerprint density at radius 2 is 0.639 bits per heavy atom. The highest BCUT2D eigenvalue weighted by Gasteiger charge is 2.16. The van der Waals surface area contributed by atoms with Gasteiger partial charge in [0.1, 0.15) is 0 Å². The summed E-state index contributed by atoms with van der Waals surface area (Å²) in [6.45, 7) is 6.31. The van der Waals surface area contributed by atoms with Gasteiger partial charge in [0.25, 0.3) is 0 Å². The van der Waals surface area contributed by atoms with Crippen LogP contribution in [0.15, 0.2) is 284 Å². The summed E-state index contributed by atoms with van der Waals surface area (Å²) < 4.78 is 10.5. The first kappa shape index (κ1) is 51.1. The molecule has 0 unspecified atom stereocenters. The summed E-state index contributed by atoms with van der Waals surface area (Å²) in [5, 5.41) is 13.8. The number of anilines is 3. The monoisotopic (exact) mass is 1130 g/mol. The van der Waals surface area contributed by atoms with Gasteiger partial charge in [0.15, 0.2) is 0 Å². The topological polar surface area (TPSA) is 57.8 Å². The van der Waals surface area contributed by atoms with Crippen LogP contribution in [0.2, 0.25) is 0 Å². The molecule has 0 aliphatic carbocycles. The zero-order chi connectivity index (χ0) is 56.0. The van der Waals surface area contributed by atoms with Crippen LogP contribution in [0, 0.1) is 0 Å². The van der Waals surface area contributed by atoms with Crippen molar-refractivity contribution in [1.82, 2.24) is 18.3 Å². The molecule has 0 saturated heterocycles. The fourth-order valence-corrected chi connectivity index (χ4v) is 12.7. The predicted molar refractivity (Wildman–Crippen MR) is 358 cm³/mol. The number of benzene rings is 12. The van der Waals surface area contributed by atoms with Crippen LogP contribution in [-0.2, 0) is 13.1 Å². The van der Waals surface area contributed by atoms with Crippen LogP contribution >= 0.6 is 15.9 Å². The minimum atomic E-state index is 0.825. The maximum Gasteiger partial charge on any atom is 0.0541 e. The third kappa shape index (κ3) is 9.35. The van der Waals surface area contributed by atoms with Crippen LogP contribution in [0.5, 0.6) is 0 Å². The van der Waals surface area contributed by atoms with Gasteiger partial charge in [-0.1, -0.05) is 162 Å². The molecule has 0 aliphatic heterocycles. The van der Waals surface area contributed by atoms with Crippen molar-refractivity contribution >= 4 is 120 Å². The molecule has 0 atom stereocenters. The average molecular weight is 1140 g/mol. The second kappa shape index (κ2) is 21.8. The molecule has 0 fully saturated rings. The van der Waals surface area contributed by atoms with Crippen LogP contribution < -0.4 is 11.1 Å². The standard InChI is InChI=1S/C38H29N3.C24H16BrN.C14H14N2/c1-2-40-35-14-8-6-12-31(35)34-25-29(21-23-36(34)40)39-28-19-16-26(17-20-28)27-18-22-38-33(24-27)32-13-7-9-15-37(32)41(38)30-10-4-3-5-11-30;25-19-13-10-17(11-14-19)18-12-15-24-22(16-18)21-8-4-5-9-23(21)26(24)20-6-2-1-3-7-20;1-2-16-13-6-4-3-5-11(13)12-9-10(15)7-8-14(12)16/h3-25,39H,2H2,1H3;1-16H;3-9H,2,15H2,1H3. The van der Waals surface area contributed by atoms with Gasteiger partial charge in [-0.3, -0.25) is 0 Å². The van der Waals surface area contributed by atoms with Gasteiger partial charge in [-0.2, -0.15) is 0 Å². The summed E-state index contributed by atoms with van der Waals surface area (Å²) in [4.78, 5) is 0. The molecule has 16 aromatic rings. The number of hydrogen-bond donors (Lipinski definition) is 2. The predicted octanol–water partition coefficient (Wildman–Crippen LogP) is 20.9. The number of hydrogen-bond acceptors (Lipinski definition) is 2. The van der Waals surface area contributed by atoms with E-state index in [9.17, 15) is 0 Å². The van der Waals surface area contributed by atoms with Crippen molar-refractivity contribution in [1.29, 1.82) is 0 Å². The Hall–Kier alpha value is -10.1. The second-order valence-electron chi connectivity index (χ2n) is 21.1. The third-order valence-electron chi connectivity index (χ3n) is 16.3. The molecule has 6 nitrogen and oxygen atoms in total. The number of para-hydroxylation sites is 6. The fourth-order valence-electron chi connectivity index (χ4n) is 12.5. The number of aromatic nitrogens is 4. The Bertz CT molecular complexity index is 5030. The number of nitrogens with two attached hydrogens (primary N) is 1. The molecule has 0 amide bonds. The summed E-state index contributed by atoms with van der Waals surface area (Å²) in [6, 6.07) is 99.3. The summed E-state index contributed by atoms with van der Waals surface area (Å²) in [7, 11) is 0. The molecule has 83 heavy (non-hydrogen) atoms. The Morgan fingerprint density at radius 1 is 0.301 bits per heavy atom. The molecule has 4 heterocycles. The van der Waals surface area contributed by atoms with E-state index in [1.165, 1.54) is 121 Å². The van der Waals surface area contributed by atoms with Crippen molar-refractivity contribution in [3.8, 4) is 33.6 Å². The molecule has 12 aromatic carbocycles. The van der Waals surface area contributed by atoms with Gasteiger partial charge in [-0.25, -0.2) is 0 Å². The highest BCUT2D eigenvalue weighted by molar-refractivity contribution is 9.10. The van der Waals surface area contributed by atoms with Gasteiger partial charge < -0.3 is 29.3 Å². The van der Waals surface area contributed by atoms with Gasteiger partial charge in [-0.15, -0.1) is 0 Å². The summed E-state index contributed by atoms with van der Waals surface area (Å²) >= 11 is 3.52. The molecule has 0 bridgehead atoms. The zero-order valence-corrected chi connectivity index (χ0v) is 47.8.